The van der Waals surface area contributed by atoms with Gasteiger partial charge in [0.1, 0.15) is 0 Å². The molecule has 0 amide bonds. The van der Waals surface area contributed by atoms with Crippen molar-refractivity contribution < 1.29 is 0 Å². The average Bonchev–Trinajstić information content (AvgIpc) is 2.61. The van der Waals surface area contributed by atoms with Crippen LogP contribution in [0.3, 0.4) is 0 Å². The van der Waals surface area contributed by atoms with Crippen molar-refractivity contribution in [1.82, 2.24) is 4.90 Å². The van der Waals surface area contributed by atoms with Crippen LogP contribution in [0.25, 0.3) is 5.57 Å². The van der Waals surface area contributed by atoms with Crippen LogP contribution < -0.4 is 0 Å². The fourth-order valence-corrected chi connectivity index (χ4v) is 3.21. The molecule has 2 aromatic rings. The van der Waals surface area contributed by atoms with Crippen molar-refractivity contribution in [2.45, 2.75) is 25.7 Å². The highest BCUT2D eigenvalue weighted by atomic mass is 35.5. The summed E-state index contributed by atoms with van der Waals surface area (Å²) in [6, 6.07) is 21.5. The number of halogens is 1. The van der Waals surface area contributed by atoms with E-state index in [1.165, 1.54) is 55.6 Å². The van der Waals surface area contributed by atoms with Crippen LogP contribution in [-0.2, 0) is 0 Å². The molecule has 23 heavy (non-hydrogen) atoms. The third-order valence-corrected chi connectivity index (χ3v) is 4.41. The predicted octanol–water partition coefficient (Wildman–Crippen LogP) is 5.42. The van der Waals surface area contributed by atoms with Gasteiger partial charge >= 0.3 is 0 Å². The third kappa shape index (κ3) is 5.23. The quantitative estimate of drug-likeness (QED) is 0.709. The monoisotopic (exact) mass is 327 g/mol. The van der Waals surface area contributed by atoms with Gasteiger partial charge < -0.3 is 4.90 Å². The van der Waals surface area contributed by atoms with Crippen LogP contribution >= 0.6 is 12.4 Å². The molecule has 2 aromatic carbocycles. The van der Waals surface area contributed by atoms with E-state index in [2.05, 4.69) is 71.6 Å². The lowest BCUT2D eigenvalue weighted by atomic mass is 9.97. The van der Waals surface area contributed by atoms with Gasteiger partial charge in [-0.05, 0) is 49.1 Å². The molecule has 0 radical (unpaired) electrons. The van der Waals surface area contributed by atoms with Crippen molar-refractivity contribution in [1.29, 1.82) is 0 Å². The lowest BCUT2D eigenvalue weighted by Crippen LogP contribution is -2.30. The van der Waals surface area contributed by atoms with Gasteiger partial charge in [-0.15, -0.1) is 12.4 Å². The van der Waals surface area contributed by atoms with Gasteiger partial charge in [0.15, 0.2) is 0 Å². The van der Waals surface area contributed by atoms with E-state index in [0.717, 1.165) is 6.42 Å². The molecule has 0 N–H and O–H groups in total. The van der Waals surface area contributed by atoms with Gasteiger partial charge in [0.05, 0.1) is 0 Å². The first-order valence-electron chi connectivity index (χ1n) is 8.47. The molecule has 2 heteroatoms. The first-order chi connectivity index (χ1) is 10.9. The van der Waals surface area contributed by atoms with Crippen LogP contribution in [0.2, 0.25) is 0 Å². The molecule has 1 fully saturated rings. The summed E-state index contributed by atoms with van der Waals surface area (Å²) in [4.78, 5) is 2.60. The van der Waals surface area contributed by atoms with E-state index in [1.807, 2.05) is 0 Å². The Bertz CT molecular complexity index is 544. The first kappa shape index (κ1) is 17.8. The molecule has 0 atom stereocenters. The van der Waals surface area contributed by atoms with Crippen molar-refractivity contribution in [2.75, 3.05) is 19.6 Å². The minimum Gasteiger partial charge on any atom is -0.303 e. The highest BCUT2D eigenvalue weighted by Crippen LogP contribution is 2.23. The number of hydrogen-bond acceptors (Lipinski definition) is 1. The summed E-state index contributed by atoms with van der Waals surface area (Å²) >= 11 is 0. The van der Waals surface area contributed by atoms with Crippen molar-refractivity contribution in [3.63, 3.8) is 0 Å². The van der Waals surface area contributed by atoms with Gasteiger partial charge in [-0.3, -0.25) is 0 Å². The Morgan fingerprint density at radius 1 is 0.783 bits per heavy atom. The van der Waals surface area contributed by atoms with Crippen LogP contribution in [0, 0.1) is 0 Å². The maximum atomic E-state index is 2.60. The highest BCUT2D eigenvalue weighted by molar-refractivity contribution is 5.85. The zero-order valence-corrected chi connectivity index (χ0v) is 14.5. The van der Waals surface area contributed by atoms with E-state index in [-0.39, 0.29) is 12.4 Å². The smallest absolute Gasteiger partial charge is 0.00162 e. The molecule has 3 rings (SSSR count). The first-order valence-corrected chi connectivity index (χ1v) is 8.47. The maximum absolute atomic E-state index is 2.60. The Kier molecular flexibility index (Phi) is 7.38. The standard InChI is InChI=1S/C21H25N.ClH/c1-4-11-19(12-5-1)21(20-13-6-2-7-14-20)15-10-18-22-16-8-3-9-17-22;/h1-2,4-7,11-15H,3,8-10,16-18H2;1H. The zero-order chi connectivity index (χ0) is 15.0. The molecule has 1 aliphatic rings. The van der Waals surface area contributed by atoms with Crippen molar-refractivity contribution in [2.24, 2.45) is 0 Å². The molecule has 0 aliphatic carbocycles. The molecular weight excluding hydrogens is 302 g/mol. The Balaban J connectivity index is 0.00000192. The molecule has 122 valence electrons. The predicted molar refractivity (Wildman–Crippen MR) is 102 cm³/mol. The van der Waals surface area contributed by atoms with Gasteiger partial charge in [-0.1, -0.05) is 73.2 Å². The fraction of sp³-hybridized carbons (Fsp3) is 0.333. The van der Waals surface area contributed by atoms with Gasteiger partial charge in [0, 0.05) is 6.54 Å². The molecule has 1 aliphatic heterocycles. The van der Waals surface area contributed by atoms with Gasteiger partial charge in [-0.25, -0.2) is 0 Å². The van der Waals surface area contributed by atoms with Gasteiger partial charge in [0.25, 0.3) is 0 Å². The molecule has 0 bridgehead atoms. The third-order valence-electron chi connectivity index (χ3n) is 4.41. The molecular formula is C21H26ClN. The molecule has 1 saturated heterocycles. The summed E-state index contributed by atoms with van der Waals surface area (Å²) in [5, 5.41) is 0. The fourth-order valence-electron chi connectivity index (χ4n) is 3.21. The van der Waals surface area contributed by atoms with Crippen LogP contribution in [0.1, 0.15) is 36.8 Å². The molecule has 0 aromatic heterocycles. The Morgan fingerprint density at radius 2 is 1.30 bits per heavy atom. The number of rotatable bonds is 5. The molecule has 0 spiro atoms. The SMILES string of the molecule is C(CCN1CCCCC1)=C(c1ccccc1)c1ccccc1.Cl. The Labute approximate surface area is 146 Å². The molecule has 1 heterocycles. The summed E-state index contributed by atoms with van der Waals surface area (Å²) in [5.74, 6) is 0. The van der Waals surface area contributed by atoms with Crippen molar-refractivity contribution in [3.05, 3.63) is 77.9 Å². The minimum atomic E-state index is 0. The van der Waals surface area contributed by atoms with Crippen molar-refractivity contribution >= 4 is 18.0 Å². The number of benzene rings is 2. The van der Waals surface area contributed by atoms with E-state index in [4.69, 9.17) is 0 Å². The lowest BCUT2D eigenvalue weighted by Gasteiger charge is -2.25. The Morgan fingerprint density at radius 3 is 1.83 bits per heavy atom. The zero-order valence-electron chi connectivity index (χ0n) is 13.7. The number of nitrogens with zero attached hydrogens (tertiary/aromatic N) is 1. The normalized spacial score (nSPS) is 14.8. The molecule has 0 unspecified atom stereocenters. The van der Waals surface area contributed by atoms with Crippen LogP contribution in [0.4, 0.5) is 0 Å². The maximum Gasteiger partial charge on any atom is 0.00162 e. The second-order valence-corrected chi connectivity index (χ2v) is 6.04. The van der Waals surface area contributed by atoms with Crippen LogP contribution in [-0.4, -0.2) is 24.5 Å². The summed E-state index contributed by atoms with van der Waals surface area (Å²) in [6.45, 7) is 3.74. The second kappa shape index (κ2) is 9.54. The minimum absolute atomic E-state index is 0. The lowest BCUT2D eigenvalue weighted by molar-refractivity contribution is 0.233. The van der Waals surface area contributed by atoms with Crippen LogP contribution in [0.15, 0.2) is 66.7 Å². The van der Waals surface area contributed by atoms with Gasteiger partial charge in [0.2, 0.25) is 0 Å². The summed E-state index contributed by atoms with van der Waals surface area (Å²) in [7, 11) is 0. The molecule has 1 nitrogen and oxygen atoms in total. The average molecular weight is 328 g/mol. The number of hydrogen-bond donors (Lipinski definition) is 0. The number of likely N-dealkylation sites (tertiary alicyclic amines) is 1. The van der Waals surface area contributed by atoms with E-state index in [9.17, 15) is 0 Å². The number of piperidine rings is 1. The largest absolute Gasteiger partial charge is 0.303 e. The van der Waals surface area contributed by atoms with E-state index >= 15 is 0 Å². The summed E-state index contributed by atoms with van der Waals surface area (Å²) in [6.07, 6.45) is 7.69. The van der Waals surface area contributed by atoms with Crippen molar-refractivity contribution in [3.8, 4) is 0 Å². The Hall–Kier alpha value is -1.57. The van der Waals surface area contributed by atoms with Gasteiger partial charge in [-0.2, -0.15) is 0 Å². The highest BCUT2D eigenvalue weighted by Gasteiger charge is 2.09. The summed E-state index contributed by atoms with van der Waals surface area (Å²) < 4.78 is 0. The molecule has 0 saturated carbocycles. The van der Waals surface area contributed by atoms with E-state index in [0.29, 0.717) is 0 Å². The summed E-state index contributed by atoms with van der Waals surface area (Å²) in [5.41, 5.74) is 3.98. The van der Waals surface area contributed by atoms with E-state index < -0.39 is 0 Å². The van der Waals surface area contributed by atoms with Crippen LogP contribution in [0.5, 0.6) is 0 Å². The second-order valence-electron chi connectivity index (χ2n) is 6.04. The topological polar surface area (TPSA) is 3.24 Å². The van der Waals surface area contributed by atoms with E-state index in [1.54, 1.807) is 0 Å².